The number of aromatic nitrogens is 1. The molecule has 70 valence electrons. The van der Waals surface area contributed by atoms with E-state index >= 15 is 0 Å². The molecule has 0 radical (unpaired) electrons. The Balaban J connectivity index is 2.81. The first-order valence-electron chi connectivity index (χ1n) is 4.03. The number of rotatable bonds is 1. The molecule has 2 rings (SSSR count). The molecular formula is C10H7BrN2O. The minimum atomic E-state index is 0.798. The summed E-state index contributed by atoms with van der Waals surface area (Å²) in [6.07, 6.45) is 3.09. The van der Waals surface area contributed by atoms with Gasteiger partial charge in [0.05, 0.1) is 11.7 Å². The molecule has 0 aliphatic carbocycles. The lowest BCUT2D eigenvalue weighted by Gasteiger charge is -2.01. The van der Waals surface area contributed by atoms with Crippen LogP contribution in [-0.2, 0) is 0 Å². The Morgan fingerprint density at radius 1 is 1.36 bits per heavy atom. The zero-order valence-electron chi connectivity index (χ0n) is 7.18. The van der Waals surface area contributed by atoms with E-state index in [0.717, 1.165) is 20.9 Å². The van der Waals surface area contributed by atoms with E-state index in [2.05, 4.69) is 26.1 Å². The lowest BCUT2D eigenvalue weighted by atomic mass is 10.1. The van der Waals surface area contributed by atoms with E-state index in [1.807, 2.05) is 24.3 Å². The Labute approximate surface area is 89.2 Å². The Morgan fingerprint density at radius 3 is 3.00 bits per heavy atom. The monoisotopic (exact) mass is 250 g/mol. The summed E-state index contributed by atoms with van der Waals surface area (Å²) in [6.45, 7) is 0. The topological polar surface area (TPSA) is 45.5 Å². The summed E-state index contributed by atoms with van der Waals surface area (Å²) in [5.41, 5.74) is 1.62. The standard InChI is InChI=1S/C10H7BrN2O/c11-9-4-3-7(6-13-14)10-8(9)2-1-5-12-10/h1-6,14H/b13-6+. The molecule has 0 saturated carbocycles. The van der Waals surface area contributed by atoms with Gasteiger partial charge in [-0.3, -0.25) is 4.98 Å². The maximum Gasteiger partial charge on any atom is 0.0802 e. The van der Waals surface area contributed by atoms with Crippen molar-refractivity contribution in [3.05, 3.63) is 40.5 Å². The van der Waals surface area contributed by atoms with E-state index in [-0.39, 0.29) is 0 Å². The summed E-state index contributed by atoms with van der Waals surface area (Å²) >= 11 is 3.44. The normalized spacial score (nSPS) is 11.2. The molecule has 0 bridgehead atoms. The molecule has 0 saturated heterocycles. The molecule has 14 heavy (non-hydrogen) atoms. The molecule has 0 fully saturated rings. The summed E-state index contributed by atoms with van der Waals surface area (Å²) in [7, 11) is 0. The third-order valence-corrected chi connectivity index (χ3v) is 2.64. The molecule has 0 unspecified atom stereocenters. The highest BCUT2D eigenvalue weighted by molar-refractivity contribution is 9.10. The van der Waals surface area contributed by atoms with Crippen molar-refractivity contribution >= 4 is 33.0 Å². The van der Waals surface area contributed by atoms with E-state index < -0.39 is 0 Å². The van der Waals surface area contributed by atoms with Crippen molar-refractivity contribution in [3.63, 3.8) is 0 Å². The molecule has 1 aromatic heterocycles. The van der Waals surface area contributed by atoms with Gasteiger partial charge >= 0.3 is 0 Å². The van der Waals surface area contributed by atoms with Crippen LogP contribution in [0.15, 0.2) is 40.1 Å². The van der Waals surface area contributed by atoms with Gasteiger partial charge in [-0.05, 0) is 18.2 Å². The van der Waals surface area contributed by atoms with Crippen molar-refractivity contribution in [2.24, 2.45) is 5.16 Å². The molecule has 1 N–H and O–H groups in total. The summed E-state index contributed by atoms with van der Waals surface area (Å²) < 4.78 is 0.982. The minimum absolute atomic E-state index is 0.798. The quantitative estimate of drug-likeness (QED) is 0.481. The fourth-order valence-corrected chi connectivity index (χ4v) is 1.78. The van der Waals surface area contributed by atoms with Crippen LogP contribution in [-0.4, -0.2) is 16.4 Å². The molecule has 0 atom stereocenters. The Hall–Kier alpha value is -1.42. The first kappa shape index (κ1) is 9.15. The number of oxime groups is 1. The van der Waals surface area contributed by atoms with Gasteiger partial charge < -0.3 is 5.21 Å². The second kappa shape index (κ2) is 3.75. The molecule has 0 aliphatic heterocycles. The Kier molecular flexibility index (Phi) is 2.45. The zero-order valence-corrected chi connectivity index (χ0v) is 8.77. The second-order valence-electron chi connectivity index (χ2n) is 2.78. The predicted octanol–water partition coefficient (Wildman–Crippen LogP) is 2.81. The van der Waals surface area contributed by atoms with Crippen LogP contribution in [0.3, 0.4) is 0 Å². The van der Waals surface area contributed by atoms with Crippen molar-refractivity contribution in [2.75, 3.05) is 0 Å². The predicted molar refractivity (Wildman–Crippen MR) is 58.8 cm³/mol. The van der Waals surface area contributed by atoms with Crippen LogP contribution >= 0.6 is 15.9 Å². The van der Waals surface area contributed by atoms with Crippen LogP contribution in [0.25, 0.3) is 10.9 Å². The molecular weight excluding hydrogens is 244 g/mol. The van der Waals surface area contributed by atoms with Gasteiger partial charge in [0.25, 0.3) is 0 Å². The highest BCUT2D eigenvalue weighted by atomic mass is 79.9. The van der Waals surface area contributed by atoms with Crippen LogP contribution in [0.5, 0.6) is 0 Å². The van der Waals surface area contributed by atoms with Gasteiger partial charge in [0.1, 0.15) is 0 Å². The average Bonchev–Trinajstić information content (AvgIpc) is 2.23. The van der Waals surface area contributed by atoms with Gasteiger partial charge in [0.15, 0.2) is 0 Å². The van der Waals surface area contributed by atoms with Crippen molar-refractivity contribution in [1.82, 2.24) is 4.98 Å². The van der Waals surface area contributed by atoms with Crippen LogP contribution in [0.2, 0.25) is 0 Å². The average molecular weight is 251 g/mol. The first-order chi connectivity index (χ1) is 6.83. The van der Waals surface area contributed by atoms with Crippen molar-refractivity contribution in [3.8, 4) is 0 Å². The van der Waals surface area contributed by atoms with E-state index in [9.17, 15) is 0 Å². The van der Waals surface area contributed by atoms with Crippen LogP contribution in [0.4, 0.5) is 0 Å². The maximum absolute atomic E-state index is 8.48. The zero-order chi connectivity index (χ0) is 9.97. The summed E-state index contributed by atoms with van der Waals surface area (Å²) in [5.74, 6) is 0. The SMILES string of the molecule is O/N=C/c1ccc(Br)c2cccnc12. The van der Waals surface area contributed by atoms with E-state index in [1.165, 1.54) is 6.21 Å². The molecule has 0 amide bonds. The molecule has 0 aliphatic rings. The number of hydrogen-bond acceptors (Lipinski definition) is 3. The highest BCUT2D eigenvalue weighted by Crippen LogP contribution is 2.24. The fourth-order valence-electron chi connectivity index (χ4n) is 1.33. The molecule has 2 aromatic rings. The third kappa shape index (κ3) is 1.48. The van der Waals surface area contributed by atoms with Crippen LogP contribution in [0.1, 0.15) is 5.56 Å². The maximum atomic E-state index is 8.48. The fraction of sp³-hybridized carbons (Fsp3) is 0. The largest absolute Gasteiger partial charge is 0.411 e. The lowest BCUT2D eigenvalue weighted by molar-refractivity contribution is 0.322. The van der Waals surface area contributed by atoms with Gasteiger partial charge in [-0.15, -0.1) is 0 Å². The molecule has 1 aromatic carbocycles. The number of nitrogens with zero attached hydrogens (tertiary/aromatic N) is 2. The van der Waals surface area contributed by atoms with Crippen molar-refractivity contribution < 1.29 is 5.21 Å². The number of benzene rings is 1. The van der Waals surface area contributed by atoms with Crippen molar-refractivity contribution in [2.45, 2.75) is 0 Å². The van der Waals surface area contributed by atoms with Crippen LogP contribution < -0.4 is 0 Å². The van der Waals surface area contributed by atoms with Gasteiger partial charge in [-0.2, -0.15) is 0 Å². The first-order valence-corrected chi connectivity index (χ1v) is 4.83. The lowest BCUT2D eigenvalue weighted by Crippen LogP contribution is -1.87. The van der Waals surface area contributed by atoms with E-state index in [4.69, 9.17) is 5.21 Å². The number of pyridine rings is 1. The Bertz CT molecular complexity index is 496. The summed E-state index contributed by atoms with van der Waals surface area (Å²) in [4.78, 5) is 4.23. The number of halogens is 1. The van der Waals surface area contributed by atoms with Crippen LogP contribution in [0, 0.1) is 0 Å². The molecule has 4 heteroatoms. The van der Waals surface area contributed by atoms with E-state index in [1.54, 1.807) is 6.20 Å². The third-order valence-electron chi connectivity index (χ3n) is 1.94. The van der Waals surface area contributed by atoms with Gasteiger partial charge in [0, 0.05) is 21.6 Å². The van der Waals surface area contributed by atoms with Gasteiger partial charge in [0.2, 0.25) is 0 Å². The highest BCUT2D eigenvalue weighted by Gasteiger charge is 2.02. The summed E-state index contributed by atoms with van der Waals surface area (Å²) in [6, 6.07) is 7.58. The van der Waals surface area contributed by atoms with Crippen molar-refractivity contribution in [1.29, 1.82) is 0 Å². The smallest absolute Gasteiger partial charge is 0.0802 e. The van der Waals surface area contributed by atoms with Gasteiger partial charge in [-0.25, -0.2) is 0 Å². The molecule has 0 spiro atoms. The molecule has 3 nitrogen and oxygen atoms in total. The molecule has 1 heterocycles. The summed E-state index contributed by atoms with van der Waals surface area (Å²) in [5, 5.41) is 12.5. The minimum Gasteiger partial charge on any atom is -0.411 e. The van der Waals surface area contributed by atoms with Gasteiger partial charge in [-0.1, -0.05) is 27.2 Å². The van der Waals surface area contributed by atoms with E-state index in [0.29, 0.717) is 0 Å². The Morgan fingerprint density at radius 2 is 2.21 bits per heavy atom. The number of hydrogen-bond donors (Lipinski definition) is 1. The second-order valence-corrected chi connectivity index (χ2v) is 3.64. The number of fused-ring (bicyclic) bond motifs is 1.